The van der Waals surface area contributed by atoms with Crippen LogP contribution in [-0.4, -0.2) is 19.5 Å². The van der Waals surface area contributed by atoms with E-state index in [4.69, 9.17) is 19.4 Å². The normalized spacial score (nSPS) is 11.9. The Labute approximate surface area is 330 Å². The lowest BCUT2D eigenvalue weighted by Gasteiger charge is -2.16. The van der Waals surface area contributed by atoms with Gasteiger partial charge >= 0.3 is 0 Å². The number of fused-ring (bicyclic) bond motifs is 9. The molecule has 0 saturated carbocycles. The number of rotatable bonds is 5. The highest BCUT2D eigenvalue weighted by Gasteiger charge is 2.22. The van der Waals surface area contributed by atoms with Crippen molar-refractivity contribution in [1.82, 2.24) is 19.5 Å². The van der Waals surface area contributed by atoms with E-state index in [1.165, 1.54) is 30.9 Å². The number of para-hydroxylation sites is 4. The molecule has 12 aromatic rings. The third-order valence-corrected chi connectivity index (χ3v) is 12.2. The van der Waals surface area contributed by atoms with Crippen LogP contribution in [0.1, 0.15) is 0 Å². The van der Waals surface area contributed by atoms with Crippen molar-refractivity contribution in [2.24, 2.45) is 0 Å². The minimum absolute atomic E-state index is 0.578. The minimum atomic E-state index is 0.578. The third kappa shape index (κ3) is 5.04. The lowest BCUT2D eigenvalue weighted by atomic mass is 10.0. The molecule has 0 atom stereocenters. The molecule has 0 unspecified atom stereocenters. The maximum absolute atomic E-state index is 6.35. The second-order valence-corrected chi connectivity index (χ2v) is 15.4. The van der Waals surface area contributed by atoms with E-state index in [1.807, 2.05) is 18.2 Å². The molecular formula is C51H30N4OS. The molecule has 5 nitrogen and oxygen atoms in total. The first kappa shape index (κ1) is 31.9. The zero-order valence-corrected chi connectivity index (χ0v) is 31.2. The lowest BCUT2D eigenvalue weighted by molar-refractivity contribution is 0.669. The van der Waals surface area contributed by atoms with Crippen molar-refractivity contribution < 1.29 is 4.42 Å². The monoisotopic (exact) mass is 746 g/mol. The first-order valence-corrected chi connectivity index (χ1v) is 19.8. The zero-order valence-electron chi connectivity index (χ0n) is 30.4. The molecule has 0 aliphatic rings. The van der Waals surface area contributed by atoms with Gasteiger partial charge in [-0.2, -0.15) is 0 Å². The van der Waals surface area contributed by atoms with Gasteiger partial charge in [0.05, 0.1) is 16.7 Å². The summed E-state index contributed by atoms with van der Waals surface area (Å²) in [5.41, 5.74) is 9.89. The topological polar surface area (TPSA) is 56.7 Å². The van der Waals surface area contributed by atoms with E-state index >= 15 is 0 Å². The molecule has 6 heteroatoms. The van der Waals surface area contributed by atoms with Crippen LogP contribution in [0.3, 0.4) is 0 Å². The second kappa shape index (κ2) is 12.6. The molecule has 57 heavy (non-hydrogen) atoms. The van der Waals surface area contributed by atoms with Gasteiger partial charge in [0, 0.05) is 64.0 Å². The van der Waals surface area contributed by atoms with Crippen molar-refractivity contribution in [3.63, 3.8) is 0 Å². The maximum atomic E-state index is 6.35. The van der Waals surface area contributed by atoms with Crippen LogP contribution in [0.25, 0.3) is 115 Å². The first-order chi connectivity index (χ1) is 28.2. The summed E-state index contributed by atoms with van der Waals surface area (Å²) in [6, 6.07) is 63.9. The zero-order chi connectivity index (χ0) is 37.5. The van der Waals surface area contributed by atoms with E-state index in [1.54, 1.807) is 11.3 Å². The van der Waals surface area contributed by atoms with Crippen molar-refractivity contribution in [3.05, 3.63) is 182 Å². The predicted molar refractivity (Wildman–Crippen MR) is 236 cm³/mol. The highest BCUT2D eigenvalue weighted by molar-refractivity contribution is 7.25. The Balaban J connectivity index is 1.12. The van der Waals surface area contributed by atoms with Crippen LogP contribution in [0.4, 0.5) is 0 Å². The molecule has 0 fully saturated rings. The standard InChI is InChI=1S/C51H30N4OS/c1-2-13-31(14-3-1)34-19-12-20-39-35-15-4-8-21-42(35)55(48(34)39)43-22-9-5-18-40(43)51-53-49(32-26-28-47-41(29-32)38-17-7-11-24-46(38)57-47)52-50(54-51)33-25-27-37-36-16-6-10-23-44(36)56-45(37)30-33/h1-30H. The molecule has 0 amide bonds. The van der Waals surface area contributed by atoms with Crippen molar-refractivity contribution in [1.29, 1.82) is 0 Å². The van der Waals surface area contributed by atoms with Gasteiger partial charge in [-0.15, -0.1) is 11.3 Å². The molecule has 266 valence electrons. The van der Waals surface area contributed by atoms with Gasteiger partial charge < -0.3 is 8.98 Å². The van der Waals surface area contributed by atoms with E-state index in [0.717, 1.165) is 66.5 Å². The summed E-state index contributed by atoms with van der Waals surface area (Å²) in [5.74, 6) is 1.78. The lowest BCUT2D eigenvalue weighted by Crippen LogP contribution is -2.04. The van der Waals surface area contributed by atoms with Crippen molar-refractivity contribution in [2.75, 3.05) is 0 Å². The number of nitrogens with zero attached hydrogens (tertiary/aromatic N) is 4. The molecule has 4 heterocycles. The van der Waals surface area contributed by atoms with Crippen LogP contribution in [0.15, 0.2) is 186 Å². The molecule has 12 rings (SSSR count). The Bertz CT molecular complexity index is 3540. The van der Waals surface area contributed by atoms with Gasteiger partial charge in [-0.3, -0.25) is 0 Å². The average molecular weight is 747 g/mol. The Kier molecular flexibility index (Phi) is 7.03. The van der Waals surface area contributed by atoms with Gasteiger partial charge in [0.15, 0.2) is 17.5 Å². The molecule has 4 aromatic heterocycles. The molecule has 8 aromatic carbocycles. The van der Waals surface area contributed by atoms with E-state index in [0.29, 0.717) is 17.5 Å². The molecule has 0 spiro atoms. The fourth-order valence-electron chi connectivity index (χ4n) is 8.46. The van der Waals surface area contributed by atoms with Crippen LogP contribution in [0.5, 0.6) is 0 Å². The van der Waals surface area contributed by atoms with Crippen molar-refractivity contribution >= 4 is 75.3 Å². The van der Waals surface area contributed by atoms with Crippen LogP contribution in [0, 0.1) is 0 Å². The fraction of sp³-hybridized carbons (Fsp3) is 0. The summed E-state index contributed by atoms with van der Waals surface area (Å²) >= 11 is 1.80. The highest BCUT2D eigenvalue weighted by Crippen LogP contribution is 2.41. The summed E-state index contributed by atoms with van der Waals surface area (Å²) in [7, 11) is 0. The number of aromatic nitrogens is 4. The predicted octanol–water partition coefficient (Wildman–Crippen LogP) is 13.9. The molecule has 0 aliphatic heterocycles. The first-order valence-electron chi connectivity index (χ1n) is 19.0. The summed E-state index contributed by atoms with van der Waals surface area (Å²) in [6.45, 7) is 0. The Morgan fingerprint density at radius 2 is 1.02 bits per heavy atom. The largest absolute Gasteiger partial charge is 0.456 e. The smallest absolute Gasteiger partial charge is 0.166 e. The Morgan fingerprint density at radius 1 is 0.386 bits per heavy atom. The number of thiophene rings is 1. The minimum Gasteiger partial charge on any atom is -0.456 e. The van der Waals surface area contributed by atoms with E-state index in [-0.39, 0.29) is 0 Å². The van der Waals surface area contributed by atoms with Gasteiger partial charge in [-0.1, -0.05) is 121 Å². The number of hydrogen-bond acceptors (Lipinski definition) is 5. The van der Waals surface area contributed by atoms with E-state index in [9.17, 15) is 0 Å². The maximum Gasteiger partial charge on any atom is 0.166 e. The van der Waals surface area contributed by atoms with E-state index in [2.05, 4.69) is 168 Å². The Hall–Kier alpha value is -7.41. The van der Waals surface area contributed by atoms with Crippen molar-refractivity contribution in [2.45, 2.75) is 0 Å². The van der Waals surface area contributed by atoms with Crippen LogP contribution < -0.4 is 0 Å². The molecule has 0 radical (unpaired) electrons. The number of furan rings is 1. The van der Waals surface area contributed by atoms with Gasteiger partial charge in [0.1, 0.15) is 11.2 Å². The fourth-order valence-corrected chi connectivity index (χ4v) is 9.55. The molecule has 0 aliphatic carbocycles. The molecular weight excluding hydrogens is 717 g/mol. The van der Waals surface area contributed by atoms with Gasteiger partial charge in [-0.25, -0.2) is 15.0 Å². The molecule has 0 saturated heterocycles. The summed E-state index contributed by atoms with van der Waals surface area (Å²) in [5, 5.41) is 6.95. The van der Waals surface area contributed by atoms with Crippen LogP contribution in [0.2, 0.25) is 0 Å². The van der Waals surface area contributed by atoms with Crippen molar-refractivity contribution in [3.8, 4) is 51.0 Å². The number of hydrogen-bond donors (Lipinski definition) is 0. The average Bonchev–Trinajstić information content (AvgIpc) is 3.95. The van der Waals surface area contributed by atoms with Gasteiger partial charge in [0.25, 0.3) is 0 Å². The van der Waals surface area contributed by atoms with E-state index < -0.39 is 0 Å². The summed E-state index contributed by atoms with van der Waals surface area (Å²) < 4.78 is 11.2. The quantitative estimate of drug-likeness (QED) is 0.176. The van der Waals surface area contributed by atoms with Crippen LogP contribution in [-0.2, 0) is 0 Å². The van der Waals surface area contributed by atoms with Gasteiger partial charge in [-0.05, 0) is 66.2 Å². The SMILES string of the molecule is c1ccc(-c2cccc3c4ccccc4n(-c4ccccc4-c4nc(-c5ccc6c(c5)oc5ccccc56)nc(-c5ccc6sc7ccccc7c6c5)n4)c23)cc1. The Morgan fingerprint density at radius 3 is 1.91 bits per heavy atom. The third-order valence-electron chi connectivity index (χ3n) is 11.1. The number of benzene rings is 8. The van der Waals surface area contributed by atoms with Gasteiger partial charge in [0.2, 0.25) is 0 Å². The second-order valence-electron chi connectivity index (χ2n) is 14.4. The summed E-state index contributed by atoms with van der Waals surface area (Å²) in [4.78, 5) is 15.8. The summed E-state index contributed by atoms with van der Waals surface area (Å²) in [6.07, 6.45) is 0. The highest BCUT2D eigenvalue weighted by atomic mass is 32.1. The molecule has 0 bridgehead atoms. The van der Waals surface area contributed by atoms with Crippen LogP contribution >= 0.6 is 11.3 Å². The molecule has 0 N–H and O–H groups in total.